The second-order valence-corrected chi connectivity index (χ2v) is 4.94. The summed E-state index contributed by atoms with van der Waals surface area (Å²) in [5.41, 5.74) is 1.33. The molecule has 0 saturated carbocycles. The smallest absolute Gasteiger partial charge is 0.290 e. The van der Waals surface area contributed by atoms with Crippen LogP contribution in [0.25, 0.3) is 11.0 Å². The molecule has 1 aromatic heterocycles. The summed E-state index contributed by atoms with van der Waals surface area (Å²) in [6.45, 7) is 2.57. The molecule has 0 aliphatic carbocycles. The van der Waals surface area contributed by atoms with Gasteiger partial charge < -0.3 is 14.4 Å². The highest BCUT2D eigenvalue weighted by molar-refractivity contribution is 6.35. The molecule has 5 heteroatoms. The normalized spacial score (nSPS) is 16.1. The number of hydrogen-bond donors (Lipinski definition) is 1. The van der Waals surface area contributed by atoms with Gasteiger partial charge in [0.15, 0.2) is 11.3 Å². The Morgan fingerprint density at radius 2 is 2.22 bits per heavy atom. The van der Waals surface area contributed by atoms with E-state index in [0.717, 1.165) is 10.9 Å². The molecule has 1 aliphatic rings. The molecule has 3 rings (SSSR count). The van der Waals surface area contributed by atoms with Crippen LogP contribution in [0, 0.1) is 6.92 Å². The van der Waals surface area contributed by atoms with E-state index in [1.54, 1.807) is 11.0 Å². The summed E-state index contributed by atoms with van der Waals surface area (Å²) in [5, 5.41) is 10.6. The van der Waals surface area contributed by atoms with E-state index < -0.39 is 6.10 Å². The summed E-state index contributed by atoms with van der Waals surface area (Å²) in [4.78, 5) is 13.7. The number of rotatable bonds is 1. The lowest BCUT2D eigenvalue weighted by atomic mass is 10.1. The number of aryl methyl sites for hydroxylation is 1. The Kier molecular flexibility index (Phi) is 2.57. The van der Waals surface area contributed by atoms with Gasteiger partial charge in [-0.25, -0.2) is 0 Å². The lowest BCUT2D eigenvalue weighted by Gasteiger charge is -2.35. The van der Waals surface area contributed by atoms with E-state index in [2.05, 4.69) is 0 Å². The predicted octanol–water partition coefficient (Wildman–Crippen LogP) is 2.21. The Labute approximate surface area is 109 Å². The summed E-state index contributed by atoms with van der Waals surface area (Å²) in [5.74, 6) is 0.120. The van der Waals surface area contributed by atoms with E-state index in [1.165, 1.54) is 0 Å². The van der Waals surface area contributed by atoms with E-state index in [1.807, 2.05) is 19.1 Å². The van der Waals surface area contributed by atoms with Crippen LogP contribution in [0.15, 0.2) is 22.6 Å². The zero-order chi connectivity index (χ0) is 12.9. The number of aliphatic hydroxyl groups excluding tert-OH is 1. The molecule has 4 nitrogen and oxygen atoms in total. The third-order valence-corrected chi connectivity index (χ3v) is 3.56. The van der Waals surface area contributed by atoms with Crippen molar-refractivity contribution >= 4 is 28.5 Å². The molecule has 0 radical (unpaired) electrons. The Morgan fingerprint density at radius 1 is 1.50 bits per heavy atom. The number of likely N-dealkylation sites (tertiary alicyclic amines) is 1. The highest BCUT2D eigenvalue weighted by Crippen LogP contribution is 2.31. The first-order valence-corrected chi connectivity index (χ1v) is 6.10. The van der Waals surface area contributed by atoms with E-state index in [9.17, 15) is 9.90 Å². The molecule has 1 N–H and O–H groups in total. The topological polar surface area (TPSA) is 53.7 Å². The van der Waals surface area contributed by atoms with Gasteiger partial charge in [0.1, 0.15) is 0 Å². The number of aliphatic hydroxyl groups is 1. The molecular formula is C13H12ClNO3. The van der Waals surface area contributed by atoms with Crippen LogP contribution >= 0.6 is 11.6 Å². The average Bonchev–Trinajstić information content (AvgIpc) is 2.64. The number of halogens is 1. The fraction of sp³-hybridized carbons (Fsp3) is 0.308. The number of furan rings is 1. The van der Waals surface area contributed by atoms with Crippen molar-refractivity contribution in [2.75, 3.05) is 13.1 Å². The van der Waals surface area contributed by atoms with Gasteiger partial charge in [0.25, 0.3) is 5.91 Å². The number of nitrogens with zero attached hydrogens (tertiary/aromatic N) is 1. The molecule has 1 amide bonds. The summed E-state index contributed by atoms with van der Waals surface area (Å²) in [6.07, 6.45) is -0.415. The first-order valence-electron chi connectivity index (χ1n) is 5.73. The van der Waals surface area contributed by atoms with Gasteiger partial charge in [-0.15, -0.1) is 0 Å². The standard InChI is InChI=1S/C13H12ClNO3/c1-7-9-3-2-4-10(14)12(9)18-11(7)13(17)15-5-8(16)6-15/h2-4,8,16H,5-6H2,1H3. The minimum Gasteiger partial charge on any atom is -0.449 e. The van der Waals surface area contributed by atoms with E-state index in [4.69, 9.17) is 16.0 Å². The van der Waals surface area contributed by atoms with E-state index in [0.29, 0.717) is 29.5 Å². The SMILES string of the molecule is Cc1c(C(=O)N2CC(O)C2)oc2c(Cl)cccc12. The minimum atomic E-state index is -0.415. The van der Waals surface area contributed by atoms with Crippen LogP contribution in [-0.4, -0.2) is 35.1 Å². The maximum atomic E-state index is 12.2. The van der Waals surface area contributed by atoms with Gasteiger partial charge >= 0.3 is 0 Å². The Hall–Kier alpha value is -1.52. The van der Waals surface area contributed by atoms with Crippen LogP contribution < -0.4 is 0 Å². The maximum absolute atomic E-state index is 12.2. The van der Waals surface area contributed by atoms with Crippen LogP contribution in [0.5, 0.6) is 0 Å². The monoisotopic (exact) mass is 265 g/mol. The number of hydrogen-bond acceptors (Lipinski definition) is 3. The van der Waals surface area contributed by atoms with Gasteiger partial charge in [-0.3, -0.25) is 4.79 Å². The van der Waals surface area contributed by atoms with Gasteiger partial charge in [0.05, 0.1) is 11.1 Å². The van der Waals surface area contributed by atoms with Crippen LogP contribution in [0.4, 0.5) is 0 Å². The van der Waals surface area contributed by atoms with E-state index >= 15 is 0 Å². The number of carbonyl (C=O) groups excluding carboxylic acids is 1. The second kappa shape index (κ2) is 4.00. The van der Waals surface area contributed by atoms with Crippen molar-refractivity contribution < 1.29 is 14.3 Å². The Bertz CT molecular complexity index is 628. The van der Waals surface area contributed by atoms with Crippen LogP contribution in [0.1, 0.15) is 16.1 Å². The van der Waals surface area contributed by atoms with Gasteiger partial charge in [-0.2, -0.15) is 0 Å². The quantitative estimate of drug-likeness (QED) is 0.860. The number of para-hydroxylation sites is 1. The highest BCUT2D eigenvalue weighted by atomic mass is 35.5. The van der Waals surface area contributed by atoms with Crippen molar-refractivity contribution in [1.82, 2.24) is 4.90 Å². The van der Waals surface area contributed by atoms with Crippen molar-refractivity contribution in [3.63, 3.8) is 0 Å². The largest absolute Gasteiger partial charge is 0.449 e. The molecule has 1 aliphatic heterocycles. The molecule has 0 atom stereocenters. The molecule has 1 saturated heterocycles. The summed E-state index contributed by atoms with van der Waals surface area (Å²) >= 11 is 6.04. The molecule has 0 bridgehead atoms. The average molecular weight is 266 g/mol. The fourth-order valence-corrected chi connectivity index (χ4v) is 2.39. The zero-order valence-electron chi connectivity index (χ0n) is 9.81. The molecule has 0 unspecified atom stereocenters. The summed E-state index contributed by atoms with van der Waals surface area (Å²) in [7, 11) is 0. The Balaban J connectivity index is 2.05. The third kappa shape index (κ3) is 1.61. The molecule has 0 spiro atoms. The summed E-state index contributed by atoms with van der Waals surface area (Å²) < 4.78 is 5.58. The van der Waals surface area contributed by atoms with Crippen molar-refractivity contribution in [1.29, 1.82) is 0 Å². The van der Waals surface area contributed by atoms with Gasteiger partial charge in [0, 0.05) is 24.0 Å². The van der Waals surface area contributed by atoms with E-state index in [-0.39, 0.29) is 5.91 Å². The number of carbonyl (C=O) groups is 1. The second-order valence-electron chi connectivity index (χ2n) is 4.54. The first kappa shape index (κ1) is 11.6. The lowest BCUT2D eigenvalue weighted by Crippen LogP contribution is -2.53. The van der Waals surface area contributed by atoms with Gasteiger partial charge in [-0.1, -0.05) is 23.7 Å². The molecular weight excluding hydrogens is 254 g/mol. The summed E-state index contributed by atoms with van der Waals surface area (Å²) in [6, 6.07) is 5.44. The molecule has 1 fully saturated rings. The Morgan fingerprint density at radius 3 is 2.83 bits per heavy atom. The van der Waals surface area contributed by atoms with Crippen molar-refractivity contribution in [2.24, 2.45) is 0 Å². The van der Waals surface area contributed by atoms with Crippen molar-refractivity contribution in [3.05, 3.63) is 34.5 Å². The lowest BCUT2D eigenvalue weighted by molar-refractivity contribution is 0.00399. The fourth-order valence-electron chi connectivity index (χ4n) is 2.18. The molecule has 2 heterocycles. The number of benzene rings is 1. The third-order valence-electron chi connectivity index (χ3n) is 3.26. The minimum absolute atomic E-state index is 0.190. The number of amides is 1. The van der Waals surface area contributed by atoms with Crippen LogP contribution in [0.2, 0.25) is 5.02 Å². The van der Waals surface area contributed by atoms with Crippen molar-refractivity contribution in [3.8, 4) is 0 Å². The number of β-amino-alcohol motifs (C(OH)–C–C–N with tert-alkyl or cyclic N) is 1. The highest BCUT2D eigenvalue weighted by Gasteiger charge is 2.32. The maximum Gasteiger partial charge on any atom is 0.290 e. The van der Waals surface area contributed by atoms with Crippen molar-refractivity contribution in [2.45, 2.75) is 13.0 Å². The molecule has 1 aromatic carbocycles. The zero-order valence-corrected chi connectivity index (χ0v) is 10.6. The van der Waals surface area contributed by atoms with Gasteiger partial charge in [-0.05, 0) is 13.0 Å². The van der Waals surface area contributed by atoms with Crippen LogP contribution in [0.3, 0.4) is 0 Å². The molecule has 2 aromatic rings. The van der Waals surface area contributed by atoms with Crippen LogP contribution in [-0.2, 0) is 0 Å². The first-order chi connectivity index (χ1) is 8.58. The number of fused-ring (bicyclic) bond motifs is 1. The predicted molar refractivity (Wildman–Crippen MR) is 67.9 cm³/mol. The molecule has 18 heavy (non-hydrogen) atoms. The molecule has 94 valence electrons. The van der Waals surface area contributed by atoms with Gasteiger partial charge in [0.2, 0.25) is 0 Å².